The largest absolute Gasteiger partial charge is 0.634 e. The first-order valence-corrected chi connectivity index (χ1v) is 7.40. The number of hydrogen-bond donors (Lipinski definition) is 2. The van der Waals surface area contributed by atoms with Gasteiger partial charge in [-0.15, -0.1) is 0 Å². The number of unbranched alkanes of at least 4 members (excludes halogenated alkanes) is 3. The summed E-state index contributed by atoms with van der Waals surface area (Å²) in [5.74, 6) is 0. The van der Waals surface area contributed by atoms with Gasteiger partial charge in [-0.05, 0) is 34.1 Å². The normalized spacial score (nSPS) is 34.5. The summed E-state index contributed by atoms with van der Waals surface area (Å²) >= 11 is 0. The molecule has 1 aliphatic heterocycles. The molecule has 0 aliphatic carbocycles. The molecule has 0 spiro atoms. The highest BCUT2D eigenvalue weighted by Crippen LogP contribution is 2.35. The molecule has 3 heteroatoms. The molecule has 1 saturated heterocycles. The Labute approximate surface area is 112 Å². The summed E-state index contributed by atoms with van der Waals surface area (Å²) in [7, 11) is 0. The van der Waals surface area contributed by atoms with Crippen LogP contribution in [0.25, 0.3) is 0 Å². The van der Waals surface area contributed by atoms with E-state index in [0.717, 1.165) is 12.8 Å². The average molecular weight is 257 g/mol. The summed E-state index contributed by atoms with van der Waals surface area (Å²) in [4.78, 5) is 0. The highest BCUT2D eigenvalue weighted by molar-refractivity contribution is 4.96. The summed E-state index contributed by atoms with van der Waals surface area (Å²) in [6, 6.07) is 0. The van der Waals surface area contributed by atoms with Gasteiger partial charge >= 0.3 is 0 Å². The molecule has 108 valence electrons. The molecule has 0 atom stereocenters. The highest BCUT2D eigenvalue weighted by Gasteiger charge is 2.51. The number of nitrogens with one attached hydrogen (secondary N) is 1. The van der Waals surface area contributed by atoms with E-state index in [-0.39, 0.29) is 11.1 Å². The minimum Gasteiger partial charge on any atom is -0.634 e. The molecular formula is C15H31NO2. The molecule has 1 fully saturated rings. The summed E-state index contributed by atoms with van der Waals surface area (Å²) in [5.41, 5.74) is -1.42. The third kappa shape index (κ3) is 3.69. The standard InChI is InChI=1S/C15H31NO2/c1-6-7-8-9-10-15(17)11-13(2,3)16(18)14(4,5)12-15/h16-17H,6-12H2,1-5H3. The fraction of sp³-hybridized carbons (Fsp3) is 1.00. The van der Waals surface area contributed by atoms with Crippen LogP contribution in [0.3, 0.4) is 0 Å². The molecule has 1 heterocycles. The Kier molecular flexibility index (Phi) is 4.85. The Hall–Kier alpha value is -0.120. The van der Waals surface area contributed by atoms with Crippen molar-refractivity contribution >= 4 is 0 Å². The Morgan fingerprint density at radius 3 is 1.94 bits per heavy atom. The number of hydrogen-bond acceptors (Lipinski definition) is 2. The second-order valence-corrected chi connectivity index (χ2v) is 7.49. The SMILES string of the molecule is CCCCCCC1(O)CC(C)(C)[NH+]([O-])C(C)(C)C1. The van der Waals surface area contributed by atoms with E-state index < -0.39 is 5.60 Å². The van der Waals surface area contributed by atoms with Gasteiger partial charge in [0.2, 0.25) is 0 Å². The van der Waals surface area contributed by atoms with E-state index in [4.69, 9.17) is 0 Å². The van der Waals surface area contributed by atoms with Crippen molar-refractivity contribution in [2.45, 2.75) is 96.2 Å². The Bertz CT molecular complexity index is 256. The van der Waals surface area contributed by atoms with E-state index in [1.54, 1.807) is 0 Å². The molecule has 0 aromatic carbocycles. The zero-order valence-electron chi connectivity index (χ0n) is 12.8. The van der Waals surface area contributed by atoms with Crippen molar-refractivity contribution in [3.05, 3.63) is 5.21 Å². The first kappa shape index (κ1) is 15.9. The van der Waals surface area contributed by atoms with E-state index in [1.807, 2.05) is 27.7 Å². The number of quaternary nitrogens is 1. The van der Waals surface area contributed by atoms with Gasteiger partial charge in [0, 0.05) is 12.8 Å². The molecule has 0 aromatic heterocycles. The van der Waals surface area contributed by atoms with Crippen LogP contribution in [-0.4, -0.2) is 21.8 Å². The molecule has 0 aromatic rings. The number of rotatable bonds is 5. The zero-order valence-corrected chi connectivity index (χ0v) is 12.8. The van der Waals surface area contributed by atoms with Crippen LogP contribution in [0.2, 0.25) is 0 Å². The lowest BCUT2D eigenvalue weighted by Gasteiger charge is -2.57. The zero-order chi connectivity index (χ0) is 14.0. The molecule has 0 saturated carbocycles. The van der Waals surface area contributed by atoms with Gasteiger partial charge in [-0.1, -0.05) is 32.6 Å². The predicted molar refractivity (Wildman–Crippen MR) is 75.4 cm³/mol. The van der Waals surface area contributed by atoms with E-state index in [9.17, 15) is 10.3 Å². The van der Waals surface area contributed by atoms with E-state index in [2.05, 4.69) is 6.92 Å². The minimum absolute atomic E-state index is 0.299. The molecule has 0 amide bonds. The van der Waals surface area contributed by atoms with Gasteiger partial charge in [-0.25, -0.2) is 0 Å². The number of piperidine rings is 1. The molecule has 0 bridgehead atoms. The van der Waals surface area contributed by atoms with Crippen LogP contribution >= 0.6 is 0 Å². The summed E-state index contributed by atoms with van der Waals surface area (Å²) in [6.07, 6.45) is 6.80. The lowest BCUT2D eigenvalue weighted by Crippen LogP contribution is -3.23. The average Bonchev–Trinajstić information content (AvgIpc) is 2.20. The van der Waals surface area contributed by atoms with Crippen molar-refractivity contribution < 1.29 is 10.2 Å². The van der Waals surface area contributed by atoms with Crippen molar-refractivity contribution in [1.82, 2.24) is 0 Å². The van der Waals surface area contributed by atoms with Crippen LogP contribution in [0.5, 0.6) is 0 Å². The molecule has 0 unspecified atom stereocenters. The second kappa shape index (κ2) is 5.48. The van der Waals surface area contributed by atoms with Gasteiger partial charge in [0.05, 0.1) is 16.7 Å². The van der Waals surface area contributed by atoms with Crippen LogP contribution < -0.4 is 5.06 Å². The van der Waals surface area contributed by atoms with Gasteiger partial charge in [0.25, 0.3) is 0 Å². The lowest BCUT2D eigenvalue weighted by molar-refractivity contribution is -0.958. The first-order chi connectivity index (χ1) is 8.13. The fourth-order valence-corrected chi connectivity index (χ4v) is 3.84. The van der Waals surface area contributed by atoms with E-state index >= 15 is 0 Å². The van der Waals surface area contributed by atoms with Crippen LogP contribution in [-0.2, 0) is 0 Å². The fourth-order valence-electron chi connectivity index (χ4n) is 3.84. The number of hydroxylamine groups is 2. The maximum atomic E-state index is 12.3. The molecule has 0 radical (unpaired) electrons. The Balaban J connectivity index is 2.66. The maximum Gasteiger partial charge on any atom is 0.0948 e. The van der Waals surface area contributed by atoms with Gasteiger partial charge in [0.1, 0.15) is 0 Å². The topological polar surface area (TPSA) is 47.7 Å². The highest BCUT2D eigenvalue weighted by atomic mass is 16.5. The van der Waals surface area contributed by atoms with Crippen molar-refractivity contribution in [3.63, 3.8) is 0 Å². The van der Waals surface area contributed by atoms with Crippen molar-refractivity contribution in [2.75, 3.05) is 0 Å². The molecule has 18 heavy (non-hydrogen) atoms. The lowest BCUT2D eigenvalue weighted by atomic mass is 9.70. The summed E-state index contributed by atoms with van der Waals surface area (Å²) < 4.78 is 0. The smallest absolute Gasteiger partial charge is 0.0948 e. The summed E-state index contributed by atoms with van der Waals surface area (Å²) in [5, 5.41) is 23.4. The molecule has 3 nitrogen and oxygen atoms in total. The van der Waals surface area contributed by atoms with E-state index in [1.165, 1.54) is 19.3 Å². The van der Waals surface area contributed by atoms with Crippen molar-refractivity contribution in [2.24, 2.45) is 0 Å². The van der Waals surface area contributed by atoms with Crippen molar-refractivity contribution in [3.8, 4) is 0 Å². The van der Waals surface area contributed by atoms with Gasteiger partial charge in [-0.2, -0.15) is 0 Å². The maximum absolute atomic E-state index is 12.3. The molecule has 1 rings (SSSR count). The van der Waals surface area contributed by atoms with Crippen LogP contribution in [0.15, 0.2) is 0 Å². The third-order valence-corrected chi connectivity index (χ3v) is 4.27. The van der Waals surface area contributed by atoms with Crippen LogP contribution in [0, 0.1) is 5.21 Å². The predicted octanol–water partition coefficient (Wildman–Crippen LogP) is 2.42. The van der Waals surface area contributed by atoms with Gasteiger partial charge < -0.3 is 15.4 Å². The first-order valence-electron chi connectivity index (χ1n) is 7.40. The molecule has 1 aliphatic rings. The van der Waals surface area contributed by atoms with E-state index in [0.29, 0.717) is 17.9 Å². The van der Waals surface area contributed by atoms with Gasteiger partial charge in [-0.3, -0.25) is 0 Å². The molecular weight excluding hydrogens is 226 g/mol. The molecule has 2 N–H and O–H groups in total. The Morgan fingerprint density at radius 2 is 1.50 bits per heavy atom. The van der Waals surface area contributed by atoms with Crippen molar-refractivity contribution in [1.29, 1.82) is 0 Å². The monoisotopic (exact) mass is 257 g/mol. The van der Waals surface area contributed by atoms with Crippen LogP contribution in [0.4, 0.5) is 0 Å². The Morgan fingerprint density at radius 1 is 1.00 bits per heavy atom. The third-order valence-electron chi connectivity index (χ3n) is 4.27. The number of aliphatic hydroxyl groups is 1. The second-order valence-electron chi connectivity index (χ2n) is 7.49. The minimum atomic E-state index is -0.644. The quantitative estimate of drug-likeness (QED) is 0.587. The van der Waals surface area contributed by atoms with Gasteiger partial charge in [0.15, 0.2) is 0 Å². The van der Waals surface area contributed by atoms with Crippen LogP contribution in [0.1, 0.15) is 79.6 Å². The summed E-state index contributed by atoms with van der Waals surface area (Å²) in [6.45, 7) is 10.1.